The van der Waals surface area contributed by atoms with E-state index < -0.39 is 11.9 Å². The molecule has 2 fully saturated rings. The summed E-state index contributed by atoms with van der Waals surface area (Å²) in [6.07, 6.45) is 2.34. The molecular weight excluding hydrogens is 355 g/mol. The van der Waals surface area contributed by atoms with Gasteiger partial charge < -0.3 is 5.32 Å². The molecule has 5 nitrogen and oxygen atoms in total. The maximum atomic E-state index is 13.8. The summed E-state index contributed by atoms with van der Waals surface area (Å²) in [4.78, 5) is 14.6. The molecule has 2 aliphatic heterocycles. The van der Waals surface area contributed by atoms with Gasteiger partial charge in [-0.1, -0.05) is 30.3 Å². The van der Waals surface area contributed by atoms with Crippen molar-refractivity contribution in [2.75, 3.05) is 6.54 Å². The predicted octanol–water partition coefficient (Wildman–Crippen LogP) is 2.76. The lowest BCUT2D eigenvalue weighted by molar-refractivity contribution is -0.124. The van der Waals surface area contributed by atoms with E-state index in [-0.39, 0.29) is 17.5 Å². The first kappa shape index (κ1) is 18.2. The SMILES string of the molecule is N#Cc1ccc(-c2ccc(C[C@@H](C#N)NC(=O)C3CCC4CN43)cc2)cc1F. The molecule has 0 saturated carbocycles. The van der Waals surface area contributed by atoms with E-state index in [0.29, 0.717) is 18.0 Å². The molecule has 1 amide bonds. The molecule has 0 bridgehead atoms. The number of nitrogens with one attached hydrogen (secondary N) is 1. The summed E-state index contributed by atoms with van der Waals surface area (Å²) < 4.78 is 13.8. The van der Waals surface area contributed by atoms with Crippen molar-refractivity contribution in [3.05, 3.63) is 59.4 Å². The van der Waals surface area contributed by atoms with Crippen LogP contribution in [-0.4, -0.2) is 35.5 Å². The van der Waals surface area contributed by atoms with Crippen LogP contribution < -0.4 is 5.32 Å². The minimum absolute atomic E-state index is 0.0177. The molecule has 28 heavy (non-hydrogen) atoms. The van der Waals surface area contributed by atoms with Crippen LogP contribution in [0.25, 0.3) is 11.1 Å². The second-order valence-electron chi connectivity index (χ2n) is 7.34. The van der Waals surface area contributed by atoms with Gasteiger partial charge in [0.25, 0.3) is 0 Å². The molecule has 0 spiro atoms. The average molecular weight is 374 g/mol. The summed E-state index contributed by atoms with van der Waals surface area (Å²) in [5, 5.41) is 21.1. The van der Waals surface area contributed by atoms with E-state index in [1.807, 2.05) is 30.3 Å². The van der Waals surface area contributed by atoms with Crippen LogP contribution in [0.4, 0.5) is 4.39 Å². The van der Waals surface area contributed by atoms with Gasteiger partial charge in [0.1, 0.15) is 17.9 Å². The van der Waals surface area contributed by atoms with Gasteiger partial charge in [-0.3, -0.25) is 9.69 Å². The largest absolute Gasteiger partial charge is 0.339 e. The molecule has 2 saturated heterocycles. The van der Waals surface area contributed by atoms with Gasteiger partial charge in [0.05, 0.1) is 17.7 Å². The van der Waals surface area contributed by atoms with Crippen molar-refractivity contribution in [3.63, 3.8) is 0 Å². The Kier molecular flexibility index (Phi) is 4.81. The Morgan fingerprint density at radius 2 is 1.93 bits per heavy atom. The molecule has 2 aromatic rings. The van der Waals surface area contributed by atoms with Crippen molar-refractivity contribution < 1.29 is 9.18 Å². The number of piperidine rings is 1. The Morgan fingerprint density at radius 3 is 2.50 bits per heavy atom. The lowest BCUT2D eigenvalue weighted by Gasteiger charge is -2.17. The van der Waals surface area contributed by atoms with E-state index in [2.05, 4.69) is 16.3 Å². The minimum atomic E-state index is -0.579. The monoisotopic (exact) mass is 374 g/mol. The fourth-order valence-electron chi connectivity index (χ4n) is 3.88. The molecule has 3 unspecified atom stereocenters. The number of rotatable bonds is 5. The fourth-order valence-corrected chi connectivity index (χ4v) is 3.88. The fraction of sp³-hybridized carbons (Fsp3) is 0.318. The minimum Gasteiger partial charge on any atom is -0.339 e. The number of hydrogen-bond donors (Lipinski definition) is 1. The normalized spacial score (nSPS) is 23.2. The quantitative estimate of drug-likeness (QED) is 0.816. The Labute approximate surface area is 163 Å². The van der Waals surface area contributed by atoms with Gasteiger partial charge in [-0.15, -0.1) is 0 Å². The number of carbonyl (C=O) groups is 1. The van der Waals surface area contributed by atoms with Gasteiger partial charge in [0, 0.05) is 19.0 Å². The molecule has 2 heterocycles. The Balaban J connectivity index is 1.40. The summed E-state index contributed by atoms with van der Waals surface area (Å²) in [7, 11) is 0. The standard InChI is InChI=1S/C22H19FN4O/c23-20-10-16(5-6-17(20)11-24)15-3-1-14(2-4-15)9-18(12-25)26-22(28)21-8-7-19-13-27(19)21/h1-6,10,18-19,21H,7-9,13H2,(H,26,28)/t18-,19?,21?,27?/m0/s1. The summed E-state index contributed by atoms with van der Waals surface area (Å²) >= 11 is 0. The van der Waals surface area contributed by atoms with E-state index in [1.54, 1.807) is 6.07 Å². The molecule has 4 rings (SSSR count). The van der Waals surface area contributed by atoms with E-state index in [4.69, 9.17) is 5.26 Å². The van der Waals surface area contributed by atoms with Crippen LogP contribution in [0, 0.1) is 28.5 Å². The molecule has 0 radical (unpaired) electrons. The van der Waals surface area contributed by atoms with Gasteiger partial charge in [0.15, 0.2) is 0 Å². The maximum absolute atomic E-state index is 13.8. The molecular formula is C22H19FN4O. The zero-order valence-corrected chi connectivity index (χ0v) is 15.2. The molecule has 1 N–H and O–H groups in total. The Morgan fingerprint density at radius 1 is 1.18 bits per heavy atom. The molecule has 4 atom stereocenters. The van der Waals surface area contributed by atoms with Gasteiger partial charge >= 0.3 is 0 Å². The van der Waals surface area contributed by atoms with E-state index >= 15 is 0 Å². The van der Waals surface area contributed by atoms with E-state index in [0.717, 1.165) is 30.5 Å². The third-order valence-corrected chi connectivity index (χ3v) is 5.52. The second-order valence-corrected chi connectivity index (χ2v) is 7.34. The smallest absolute Gasteiger partial charge is 0.238 e. The van der Waals surface area contributed by atoms with E-state index in [9.17, 15) is 14.4 Å². The molecule has 2 aliphatic rings. The highest BCUT2D eigenvalue weighted by atomic mass is 19.1. The highest BCUT2D eigenvalue weighted by Crippen LogP contribution is 2.35. The molecule has 140 valence electrons. The van der Waals surface area contributed by atoms with Crippen LogP contribution in [0.2, 0.25) is 0 Å². The molecule has 6 heteroatoms. The Bertz CT molecular complexity index is 989. The number of benzene rings is 2. The van der Waals surface area contributed by atoms with Crippen LogP contribution >= 0.6 is 0 Å². The van der Waals surface area contributed by atoms with Crippen LogP contribution in [0.5, 0.6) is 0 Å². The number of nitriles is 2. The zero-order chi connectivity index (χ0) is 19.7. The van der Waals surface area contributed by atoms with Gasteiger partial charge in [0.2, 0.25) is 5.91 Å². The zero-order valence-electron chi connectivity index (χ0n) is 15.2. The predicted molar refractivity (Wildman–Crippen MR) is 101 cm³/mol. The summed E-state index contributed by atoms with van der Waals surface area (Å²) in [6, 6.07) is 15.8. The van der Waals surface area contributed by atoms with Gasteiger partial charge in [-0.2, -0.15) is 10.5 Å². The lowest BCUT2D eigenvalue weighted by atomic mass is 10.00. The topological polar surface area (TPSA) is 79.7 Å². The highest BCUT2D eigenvalue weighted by Gasteiger charge is 2.48. The second kappa shape index (κ2) is 7.42. The summed E-state index contributed by atoms with van der Waals surface area (Å²) in [5.41, 5.74) is 2.44. The molecule has 0 aromatic heterocycles. The van der Waals surface area contributed by atoms with Gasteiger partial charge in [-0.25, -0.2) is 4.39 Å². The van der Waals surface area contributed by atoms with Crippen molar-refractivity contribution in [1.29, 1.82) is 10.5 Å². The Hall–Kier alpha value is -3.22. The first-order chi connectivity index (χ1) is 13.6. The maximum Gasteiger partial charge on any atom is 0.238 e. The summed E-state index contributed by atoms with van der Waals surface area (Å²) in [6.45, 7) is 0.993. The number of hydrogen-bond acceptors (Lipinski definition) is 4. The van der Waals surface area contributed by atoms with Crippen molar-refractivity contribution in [3.8, 4) is 23.3 Å². The number of fused-ring (bicyclic) bond motifs is 1. The van der Waals surface area contributed by atoms with E-state index in [1.165, 1.54) is 12.1 Å². The van der Waals surface area contributed by atoms with Crippen molar-refractivity contribution in [2.45, 2.75) is 37.4 Å². The van der Waals surface area contributed by atoms with Crippen molar-refractivity contribution >= 4 is 5.91 Å². The number of halogens is 1. The first-order valence-electron chi connectivity index (χ1n) is 9.33. The van der Waals surface area contributed by atoms with Crippen LogP contribution in [-0.2, 0) is 11.2 Å². The lowest BCUT2D eigenvalue weighted by Crippen LogP contribution is -2.43. The molecule has 0 aliphatic carbocycles. The number of amides is 1. The van der Waals surface area contributed by atoms with Crippen LogP contribution in [0.15, 0.2) is 42.5 Å². The molecule has 2 aromatic carbocycles. The number of nitrogens with zero attached hydrogens (tertiary/aromatic N) is 3. The highest BCUT2D eigenvalue weighted by molar-refractivity contribution is 5.83. The van der Waals surface area contributed by atoms with Crippen molar-refractivity contribution in [2.24, 2.45) is 0 Å². The first-order valence-corrected chi connectivity index (χ1v) is 9.33. The van der Waals surface area contributed by atoms with Crippen LogP contribution in [0.1, 0.15) is 24.0 Å². The summed E-state index contributed by atoms with van der Waals surface area (Å²) in [5.74, 6) is -0.604. The van der Waals surface area contributed by atoms with Gasteiger partial charge in [-0.05, 0) is 41.7 Å². The average Bonchev–Trinajstić information content (AvgIpc) is 3.37. The number of carbonyl (C=O) groups excluding carboxylic acids is 1. The van der Waals surface area contributed by atoms with Crippen LogP contribution in [0.3, 0.4) is 0 Å². The van der Waals surface area contributed by atoms with Crippen molar-refractivity contribution in [1.82, 2.24) is 10.2 Å². The third kappa shape index (κ3) is 3.60. The third-order valence-electron chi connectivity index (χ3n) is 5.52.